The quantitative estimate of drug-likeness (QED) is 0.810. The number of nitrogens with zero attached hydrogens (tertiary/aromatic N) is 2. The zero-order valence-electron chi connectivity index (χ0n) is 13.3. The number of rotatable bonds is 7. The summed E-state index contributed by atoms with van der Waals surface area (Å²) in [6.07, 6.45) is 2.49. The van der Waals surface area contributed by atoms with Crippen molar-refractivity contribution in [3.8, 4) is 5.69 Å². The van der Waals surface area contributed by atoms with Crippen LogP contribution in [0.15, 0.2) is 36.5 Å². The zero-order valence-corrected chi connectivity index (χ0v) is 14.1. The fourth-order valence-electron chi connectivity index (χ4n) is 2.12. The number of benzene rings is 1. The Morgan fingerprint density at radius 3 is 2.65 bits per heavy atom. The summed E-state index contributed by atoms with van der Waals surface area (Å²) < 4.78 is 14.6. The second-order valence-corrected chi connectivity index (χ2v) is 5.23. The Kier molecular flexibility index (Phi) is 7.71. The maximum Gasteiger partial charge on any atom is 0.224 e. The van der Waals surface area contributed by atoms with Crippen LogP contribution in [0.5, 0.6) is 0 Å². The van der Waals surface area contributed by atoms with Gasteiger partial charge < -0.3 is 10.6 Å². The molecule has 0 radical (unpaired) electrons. The predicted octanol–water partition coefficient (Wildman–Crippen LogP) is 1.95. The second-order valence-electron chi connectivity index (χ2n) is 5.23. The van der Waals surface area contributed by atoms with E-state index in [0.717, 1.165) is 11.4 Å². The van der Waals surface area contributed by atoms with Crippen LogP contribution in [0, 0.1) is 11.7 Å². The third kappa shape index (κ3) is 5.65. The summed E-state index contributed by atoms with van der Waals surface area (Å²) in [6.45, 7) is 3.09. The van der Waals surface area contributed by atoms with Crippen molar-refractivity contribution in [3.63, 3.8) is 0 Å². The lowest BCUT2D eigenvalue weighted by atomic mass is 10.1. The molecule has 0 saturated carbocycles. The molecule has 0 fully saturated rings. The standard InChI is InChI=1S/C16H21FN4O.ClH/c1-12(11-18-2)16(22)19-9-7-14-8-10-21(20-14)15-5-3-13(17)4-6-15;/h3-6,8,10,12,18H,7,9,11H2,1-2H3,(H,19,22);1H. The van der Waals surface area contributed by atoms with Gasteiger partial charge in [-0.25, -0.2) is 9.07 Å². The number of carbonyl (C=O) groups excluding carboxylic acids is 1. The minimum absolute atomic E-state index is 0. The molecule has 1 unspecified atom stereocenters. The molecular weight excluding hydrogens is 319 g/mol. The summed E-state index contributed by atoms with van der Waals surface area (Å²) in [7, 11) is 1.83. The highest BCUT2D eigenvalue weighted by Gasteiger charge is 2.11. The summed E-state index contributed by atoms with van der Waals surface area (Å²) in [5.41, 5.74) is 1.69. The van der Waals surface area contributed by atoms with Crippen LogP contribution in [-0.4, -0.2) is 35.8 Å². The molecule has 23 heavy (non-hydrogen) atoms. The van der Waals surface area contributed by atoms with E-state index < -0.39 is 0 Å². The highest BCUT2D eigenvalue weighted by molar-refractivity contribution is 5.85. The van der Waals surface area contributed by atoms with Gasteiger partial charge in [0.15, 0.2) is 0 Å². The van der Waals surface area contributed by atoms with Crippen molar-refractivity contribution in [1.82, 2.24) is 20.4 Å². The van der Waals surface area contributed by atoms with Crippen LogP contribution in [0.1, 0.15) is 12.6 Å². The van der Waals surface area contributed by atoms with E-state index in [1.165, 1.54) is 12.1 Å². The van der Waals surface area contributed by atoms with Crippen molar-refractivity contribution < 1.29 is 9.18 Å². The van der Waals surface area contributed by atoms with Crippen molar-refractivity contribution in [1.29, 1.82) is 0 Å². The molecule has 1 atom stereocenters. The molecule has 0 bridgehead atoms. The number of hydrogen-bond acceptors (Lipinski definition) is 3. The first-order valence-corrected chi connectivity index (χ1v) is 7.33. The molecule has 2 rings (SSSR count). The molecular formula is C16H22ClFN4O. The number of amides is 1. The summed E-state index contributed by atoms with van der Waals surface area (Å²) >= 11 is 0. The fourth-order valence-corrected chi connectivity index (χ4v) is 2.12. The molecule has 0 saturated heterocycles. The molecule has 0 aliphatic heterocycles. The number of carbonyl (C=O) groups is 1. The number of halogens is 2. The molecule has 1 aromatic carbocycles. The van der Waals surface area contributed by atoms with Crippen molar-refractivity contribution in [2.75, 3.05) is 20.1 Å². The Morgan fingerprint density at radius 2 is 2.00 bits per heavy atom. The Bertz CT molecular complexity index is 615. The van der Waals surface area contributed by atoms with E-state index in [9.17, 15) is 9.18 Å². The minimum Gasteiger partial charge on any atom is -0.355 e. The van der Waals surface area contributed by atoms with Gasteiger partial charge in [0.2, 0.25) is 5.91 Å². The van der Waals surface area contributed by atoms with Crippen molar-refractivity contribution in [3.05, 3.63) is 48.0 Å². The van der Waals surface area contributed by atoms with Crippen molar-refractivity contribution >= 4 is 18.3 Å². The number of nitrogens with one attached hydrogen (secondary N) is 2. The molecule has 0 aliphatic rings. The third-order valence-electron chi connectivity index (χ3n) is 3.37. The molecule has 7 heteroatoms. The lowest BCUT2D eigenvalue weighted by Crippen LogP contribution is -2.35. The van der Waals surface area contributed by atoms with Gasteiger partial charge in [-0.1, -0.05) is 6.92 Å². The first kappa shape index (κ1) is 19.1. The first-order valence-electron chi connectivity index (χ1n) is 7.33. The second kappa shape index (κ2) is 9.27. The zero-order chi connectivity index (χ0) is 15.9. The number of aromatic nitrogens is 2. The maximum atomic E-state index is 12.9. The van der Waals surface area contributed by atoms with E-state index in [2.05, 4.69) is 15.7 Å². The van der Waals surface area contributed by atoms with E-state index in [1.54, 1.807) is 16.8 Å². The Hall–Kier alpha value is -1.92. The third-order valence-corrected chi connectivity index (χ3v) is 3.37. The van der Waals surface area contributed by atoms with Crippen LogP contribution < -0.4 is 10.6 Å². The molecule has 0 spiro atoms. The predicted molar refractivity (Wildman–Crippen MR) is 90.6 cm³/mol. The van der Waals surface area contributed by atoms with Gasteiger partial charge in [-0.2, -0.15) is 5.10 Å². The van der Waals surface area contributed by atoms with Gasteiger partial charge in [0, 0.05) is 31.6 Å². The van der Waals surface area contributed by atoms with Crippen molar-refractivity contribution in [2.45, 2.75) is 13.3 Å². The topological polar surface area (TPSA) is 59.0 Å². The van der Waals surface area contributed by atoms with Crippen LogP contribution in [0.2, 0.25) is 0 Å². The number of hydrogen-bond donors (Lipinski definition) is 2. The average Bonchev–Trinajstić information content (AvgIpc) is 2.97. The fraction of sp³-hybridized carbons (Fsp3) is 0.375. The van der Waals surface area contributed by atoms with Crippen LogP contribution in [-0.2, 0) is 11.2 Å². The summed E-state index contributed by atoms with van der Waals surface area (Å²) in [5, 5.41) is 10.3. The monoisotopic (exact) mass is 340 g/mol. The summed E-state index contributed by atoms with van der Waals surface area (Å²) in [4.78, 5) is 11.8. The van der Waals surface area contributed by atoms with Gasteiger partial charge in [0.25, 0.3) is 0 Å². The SMILES string of the molecule is CNCC(C)C(=O)NCCc1ccn(-c2ccc(F)cc2)n1.Cl. The van der Waals surface area contributed by atoms with Crippen molar-refractivity contribution in [2.24, 2.45) is 5.92 Å². The highest BCUT2D eigenvalue weighted by Crippen LogP contribution is 2.09. The highest BCUT2D eigenvalue weighted by atomic mass is 35.5. The minimum atomic E-state index is -0.269. The van der Waals surface area contributed by atoms with E-state index >= 15 is 0 Å². The maximum absolute atomic E-state index is 12.9. The largest absolute Gasteiger partial charge is 0.355 e. The van der Waals surface area contributed by atoms with Gasteiger partial charge >= 0.3 is 0 Å². The summed E-state index contributed by atoms with van der Waals surface area (Å²) in [5.74, 6) is -0.288. The smallest absolute Gasteiger partial charge is 0.224 e. The van der Waals surface area contributed by atoms with Gasteiger partial charge in [-0.15, -0.1) is 12.4 Å². The summed E-state index contributed by atoms with van der Waals surface area (Å²) in [6, 6.07) is 8.05. The van der Waals surface area contributed by atoms with E-state index in [4.69, 9.17) is 0 Å². The van der Waals surface area contributed by atoms with Crippen LogP contribution in [0.3, 0.4) is 0 Å². The normalized spacial score (nSPS) is 11.6. The first-order chi connectivity index (χ1) is 10.6. The average molecular weight is 341 g/mol. The van der Waals surface area contributed by atoms with Gasteiger partial charge in [-0.05, 0) is 37.4 Å². The van der Waals surface area contributed by atoms with Crippen LogP contribution in [0.4, 0.5) is 4.39 Å². The molecule has 1 heterocycles. The molecule has 1 aromatic heterocycles. The molecule has 126 valence electrons. The molecule has 0 aliphatic carbocycles. The lowest BCUT2D eigenvalue weighted by Gasteiger charge is -2.10. The van der Waals surface area contributed by atoms with E-state index in [-0.39, 0.29) is 30.0 Å². The van der Waals surface area contributed by atoms with Gasteiger partial charge in [0.05, 0.1) is 11.4 Å². The molecule has 1 amide bonds. The van der Waals surface area contributed by atoms with E-state index in [1.807, 2.05) is 26.2 Å². The van der Waals surface area contributed by atoms with Gasteiger partial charge in [0.1, 0.15) is 5.82 Å². The Labute approximate surface area is 141 Å². The Morgan fingerprint density at radius 1 is 1.30 bits per heavy atom. The van der Waals surface area contributed by atoms with Crippen LogP contribution >= 0.6 is 12.4 Å². The molecule has 2 aromatic rings. The van der Waals surface area contributed by atoms with E-state index in [0.29, 0.717) is 19.5 Å². The molecule has 2 N–H and O–H groups in total. The molecule has 5 nitrogen and oxygen atoms in total. The lowest BCUT2D eigenvalue weighted by molar-refractivity contribution is -0.124. The van der Waals surface area contributed by atoms with Crippen LogP contribution in [0.25, 0.3) is 5.69 Å². The Balaban J connectivity index is 0.00000264. The van der Waals surface area contributed by atoms with Gasteiger partial charge in [-0.3, -0.25) is 4.79 Å².